The highest BCUT2D eigenvalue weighted by Crippen LogP contribution is 2.35. The number of aryl methyl sites for hydroxylation is 1. The molecule has 0 aliphatic carbocycles. The Labute approximate surface area is 134 Å². The fourth-order valence-corrected chi connectivity index (χ4v) is 3.06. The lowest BCUT2D eigenvalue weighted by atomic mass is 10.2. The van der Waals surface area contributed by atoms with Crippen LogP contribution in [0.2, 0.25) is 5.02 Å². The van der Waals surface area contributed by atoms with Crippen molar-refractivity contribution in [2.24, 2.45) is 5.73 Å². The fraction of sp³-hybridized carbons (Fsp3) is 0.188. The zero-order valence-corrected chi connectivity index (χ0v) is 13.5. The van der Waals surface area contributed by atoms with E-state index in [4.69, 9.17) is 27.5 Å². The van der Waals surface area contributed by atoms with Gasteiger partial charge >= 0.3 is 0 Å². The summed E-state index contributed by atoms with van der Waals surface area (Å²) in [4.78, 5) is 0.936. The summed E-state index contributed by atoms with van der Waals surface area (Å²) in [5.74, 6) is 1.99. The van der Waals surface area contributed by atoms with Crippen molar-refractivity contribution in [3.63, 3.8) is 0 Å². The topological polar surface area (TPSA) is 59.1 Å². The maximum atomic E-state index is 7.80. The normalized spacial score (nSPS) is 10.4. The van der Waals surface area contributed by atoms with E-state index in [9.17, 15) is 0 Å². The molecule has 21 heavy (non-hydrogen) atoms. The first-order valence-electron chi connectivity index (χ1n) is 6.57. The number of hydrogen-bond donors (Lipinski definition) is 2. The molecule has 2 aromatic carbocycles. The van der Waals surface area contributed by atoms with Gasteiger partial charge < -0.3 is 10.5 Å². The first kappa shape index (κ1) is 15.7. The lowest BCUT2D eigenvalue weighted by molar-refractivity contribution is 0.480. The molecule has 0 amide bonds. The number of hydrogen-bond acceptors (Lipinski definition) is 3. The summed E-state index contributed by atoms with van der Waals surface area (Å²) >= 11 is 7.82. The van der Waals surface area contributed by atoms with E-state index in [2.05, 4.69) is 6.92 Å². The van der Waals surface area contributed by atoms with Crippen LogP contribution in [0.5, 0.6) is 11.5 Å². The van der Waals surface area contributed by atoms with Crippen LogP contribution in [-0.4, -0.2) is 11.6 Å². The van der Waals surface area contributed by atoms with Gasteiger partial charge in [0.2, 0.25) is 0 Å². The third-order valence-corrected chi connectivity index (χ3v) is 4.10. The molecular weight excluding hydrogens is 304 g/mol. The standard InChI is InChI=1S/C16H17ClN2OS/c1-3-21-14-6-4-5-13(15(14)16(18)19)20-12-8-7-10(2)9-11(12)17/h4-9H,3H2,1-2H3,(H3,18,19). The van der Waals surface area contributed by atoms with Gasteiger partial charge in [0, 0.05) is 4.90 Å². The van der Waals surface area contributed by atoms with Crippen molar-refractivity contribution in [2.75, 3.05) is 5.75 Å². The Hall–Kier alpha value is -1.65. The summed E-state index contributed by atoms with van der Waals surface area (Å²) in [6, 6.07) is 11.2. The highest BCUT2D eigenvalue weighted by molar-refractivity contribution is 7.99. The molecule has 3 N–H and O–H groups in total. The van der Waals surface area contributed by atoms with Crippen LogP contribution >= 0.6 is 23.4 Å². The summed E-state index contributed by atoms with van der Waals surface area (Å²) in [6.45, 7) is 4.02. The van der Waals surface area contributed by atoms with E-state index in [1.165, 1.54) is 0 Å². The molecular formula is C16H17ClN2OS. The Morgan fingerprint density at radius 1 is 1.29 bits per heavy atom. The molecule has 0 radical (unpaired) electrons. The summed E-state index contributed by atoms with van der Waals surface area (Å²) < 4.78 is 5.88. The minimum atomic E-state index is -0.00946. The zero-order valence-electron chi connectivity index (χ0n) is 11.9. The minimum Gasteiger partial charge on any atom is -0.455 e. The van der Waals surface area contributed by atoms with Gasteiger partial charge in [-0.3, -0.25) is 5.41 Å². The second kappa shape index (κ2) is 6.87. The molecule has 2 rings (SSSR count). The van der Waals surface area contributed by atoms with E-state index in [1.807, 2.05) is 37.3 Å². The van der Waals surface area contributed by atoms with Gasteiger partial charge in [0.25, 0.3) is 0 Å². The SMILES string of the molecule is CCSc1cccc(Oc2ccc(C)cc2Cl)c1C(=N)N. The van der Waals surface area contributed by atoms with Crippen LogP contribution in [-0.2, 0) is 0 Å². The molecule has 0 saturated carbocycles. The van der Waals surface area contributed by atoms with Crippen molar-refractivity contribution < 1.29 is 4.74 Å². The van der Waals surface area contributed by atoms with E-state index < -0.39 is 0 Å². The predicted octanol–water partition coefficient (Wildman–Crippen LogP) is 4.84. The van der Waals surface area contributed by atoms with Crippen LogP contribution in [0.25, 0.3) is 0 Å². The van der Waals surface area contributed by atoms with Crippen molar-refractivity contribution in [1.82, 2.24) is 0 Å². The molecule has 0 aromatic heterocycles. The summed E-state index contributed by atoms with van der Waals surface area (Å²) in [6.07, 6.45) is 0. The van der Waals surface area contributed by atoms with Crippen LogP contribution in [0.3, 0.4) is 0 Å². The second-order valence-corrected chi connectivity index (χ2v) is 6.22. The number of benzene rings is 2. The third kappa shape index (κ3) is 3.71. The number of nitrogens with two attached hydrogens (primary N) is 1. The zero-order chi connectivity index (χ0) is 15.4. The minimum absolute atomic E-state index is 0.00946. The number of rotatable bonds is 5. The van der Waals surface area contributed by atoms with Crippen molar-refractivity contribution in [1.29, 1.82) is 5.41 Å². The highest BCUT2D eigenvalue weighted by Gasteiger charge is 2.14. The Morgan fingerprint density at radius 3 is 2.67 bits per heavy atom. The Kier molecular flexibility index (Phi) is 5.15. The van der Waals surface area contributed by atoms with Crippen molar-refractivity contribution in [2.45, 2.75) is 18.7 Å². The molecule has 0 unspecified atom stereocenters. The molecule has 0 spiro atoms. The molecule has 0 saturated heterocycles. The van der Waals surface area contributed by atoms with Crippen LogP contribution in [0, 0.1) is 12.3 Å². The van der Waals surface area contributed by atoms with Crippen molar-refractivity contribution >= 4 is 29.2 Å². The van der Waals surface area contributed by atoms with Gasteiger partial charge in [-0.2, -0.15) is 0 Å². The maximum absolute atomic E-state index is 7.80. The quantitative estimate of drug-likeness (QED) is 0.471. The van der Waals surface area contributed by atoms with Crippen LogP contribution in [0.4, 0.5) is 0 Å². The molecule has 0 aliphatic rings. The summed E-state index contributed by atoms with van der Waals surface area (Å²) in [5.41, 5.74) is 7.39. The van der Waals surface area contributed by atoms with E-state index in [-0.39, 0.29) is 5.84 Å². The van der Waals surface area contributed by atoms with Crippen molar-refractivity contribution in [3.05, 3.63) is 52.5 Å². The molecule has 0 fully saturated rings. The van der Waals surface area contributed by atoms with Crippen LogP contribution in [0.15, 0.2) is 41.3 Å². The van der Waals surface area contributed by atoms with Gasteiger partial charge in [-0.25, -0.2) is 0 Å². The van der Waals surface area contributed by atoms with Gasteiger partial charge in [-0.1, -0.05) is 30.7 Å². The lowest BCUT2D eigenvalue weighted by Gasteiger charge is -2.14. The molecule has 3 nitrogen and oxygen atoms in total. The van der Waals surface area contributed by atoms with Gasteiger partial charge in [-0.05, 0) is 42.5 Å². The second-order valence-electron chi connectivity index (χ2n) is 4.51. The summed E-state index contributed by atoms with van der Waals surface area (Å²) in [7, 11) is 0. The number of ether oxygens (including phenoxy) is 1. The van der Waals surface area contributed by atoms with Crippen LogP contribution in [0.1, 0.15) is 18.1 Å². The van der Waals surface area contributed by atoms with Gasteiger partial charge in [-0.15, -0.1) is 11.8 Å². The molecule has 0 atom stereocenters. The molecule has 2 aromatic rings. The van der Waals surface area contributed by atoms with E-state index >= 15 is 0 Å². The summed E-state index contributed by atoms with van der Waals surface area (Å²) in [5, 5.41) is 8.34. The molecule has 0 aliphatic heterocycles. The molecule has 0 heterocycles. The third-order valence-electron chi connectivity index (χ3n) is 2.86. The molecule has 110 valence electrons. The molecule has 0 bridgehead atoms. The average molecular weight is 321 g/mol. The number of amidine groups is 1. The Bertz CT molecular complexity index is 673. The molecule has 5 heteroatoms. The average Bonchev–Trinajstić information content (AvgIpc) is 2.42. The largest absolute Gasteiger partial charge is 0.455 e. The number of halogens is 1. The first-order valence-corrected chi connectivity index (χ1v) is 7.93. The first-order chi connectivity index (χ1) is 10.0. The number of nitrogen functional groups attached to an aromatic ring is 1. The van der Waals surface area contributed by atoms with Crippen molar-refractivity contribution in [3.8, 4) is 11.5 Å². The Balaban J connectivity index is 2.43. The highest BCUT2D eigenvalue weighted by atomic mass is 35.5. The van der Waals surface area contributed by atoms with Gasteiger partial charge in [0.1, 0.15) is 17.3 Å². The predicted molar refractivity (Wildman–Crippen MR) is 90.1 cm³/mol. The lowest BCUT2D eigenvalue weighted by Crippen LogP contribution is -2.13. The van der Waals surface area contributed by atoms with E-state index in [0.29, 0.717) is 22.1 Å². The van der Waals surface area contributed by atoms with E-state index in [0.717, 1.165) is 16.2 Å². The van der Waals surface area contributed by atoms with E-state index in [1.54, 1.807) is 17.8 Å². The Morgan fingerprint density at radius 2 is 2.05 bits per heavy atom. The number of nitrogens with one attached hydrogen (secondary N) is 1. The maximum Gasteiger partial charge on any atom is 0.146 e. The number of thioether (sulfide) groups is 1. The van der Waals surface area contributed by atoms with Crippen LogP contribution < -0.4 is 10.5 Å². The smallest absolute Gasteiger partial charge is 0.146 e. The fourth-order valence-electron chi connectivity index (χ4n) is 1.94. The van der Waals surface area contributed by atoms with Gasteiger partial charge in [0.15, 0.2) is 0 Å². The monoisotopic (exact) mass is 320 g/mol. The van der Waals surface area contributed by atoms with Gasteiger partial charge in [0.05, 0.1) is 10.6 Å².